The van der Waals surface area contributed by atoms with Gasteiger partial charge in [0, 0.05) is 30.7 Å². The van der Waals surface area contributed by atoms with Crippen molar-refractivity contribution >= 4 is 16.3 Å². The molecule has 4 rings (SSSR count). The van der Waals surface area contributed by atoms with E-state index in [-0.39, 0.29) is 6.10 Å². The van der Waals surface area contributed by atoms with Crippen LogP contribution in [-0.2, 0) is 11.3 Å². The number of thiazole rings is 1. The molecule has 22 heavy (non-hydrogen) atoms. The number of hydrogen-bond donors (Lipinski definition) is 0. The van der Waals surface area contributed by atoms with Crippen LogP contribution < -0.4 is 0 Å². The highest BCUT2D eigenvalue weighted by Gasteiger charge is 2.25. The quantitative estimate of drug-likeness (QED) is 0.744. The first-order valence-corrected chi connectivity index (χ1v) is 8.33. The largest absolute Gasteiger partial charge is 0.467 e. The fourth-order valence-electron chi connectivity index (χ4n) is 3.00. The summed E-state index contributed by atoms with van der Waals surface area (Å²) in [6.45, 7) is 7.63. The maximum atomic E-state index is 5.84. The normalized spacial score (nSPS) is 20.0. The number of ether oxygens (including phenoxy) is 1. The highest BCUT2D eigenvalue weighted by molar-refractivity contribution is 7.17. The summed E-state index contributed by atoms with van der Waals surface area (Å²) in [5.41, 5.74) is 2.40. The van der Waals surface area contributed by atoms with E-state index in [9.17, 15) is 0 Å². The summed E-state index contributed by atoms with van der Waals surface area (Å²) in [6.07, 6.45) is 3.91. The lowest BCUT2D eigenvalue weighted by Crippen LogP contribution is -2.38. The Kier molecular flexibility index (Phi) is 3.52. The maximum absolute atomic E-state index is 5.84. The van der Waals surface area contributed by atoms with Crippen LogP contribution in [0.5, 0.6) is 0 Å². The average Bonchev–Trinajstić information content (AvgIpc) is 3.19. The number of aromatic nitrogens is 2. The Hall–Kier alpha value is -1.63. The molecule has 3 aromatic rings. The molecule has 0 saturated carbocycles. The summed E-state index contributed by atoms with van der Waals surface area (Å²) >= 11 is 1.74. The van der Waals surface area contributed by atoms with Crippen LogP contribution in [-0.4, -0.2) is 34.0 Å². The van der Waals surface area contributed by atoms with Crippen LogP contribution in [0.4, 0.5) is 0 Å². The van der Waals surface area contributed by atoms with Crippen LogP contribution in [0, 0.1) is 13.8 Å². The Morgan fingerprint density at radius 3 is 3.14 bits per heavy atom. The third kappa shape index (κ3) is 2.47. The summed E-state index contributed by atoms with van der Waals surface area (Å²) in [6, 6.07) is 3.90. The fraction of sp³-hybridized carbons (Fsp3) is 0.438. The first-order chi connectivity index (χ1) is 10.7. The van der Waals surface area contributed by atoms with Gasteiger partial charge in [-0.2, -0.15) is 0 Å². The molecule has 1 fully saturated rings. The maximum Gasteiger partial charge on any atom is 0.194 e. The second-order valence-corrected chi connectivity index (χ2v) is 6.96. The predicted octanol–water partition coefficient (Wildman–Crippen LogP) is 3.18. The van der Waals surface area contributed by atoms with Crippen molar-refractivity contribution in [1.29, 1.82) is 0 Å². The molecule has 1 atom stereocenters. The molecule has 1 aliphatic rings. The van der Waals surface area contributed by atoms with Crippen LogP contribution in [0.25, 0.3) is 4.96 Å². The van der Waals surface area contributed by atoms with Gasteiger partial charge in [0.05, 0.1) is 24.3 Å². The van der Waals surface area contributed by atoms with Gasteiger partial charge in [0.15, 0.2) is 4.96 Å². The molecule has 1 saturated heterocycles. The Morgan fingerprint density at radius 1 is 1.41 bits per heavy atom. The second-order valence-electron chi connectivity index (χ2n) is 5.75. The van der Waals surface area contributed by atoms with Gasteiger partial charge in [0.1, 0.15) is 11.9 Å². The lowest BCUT2D eigenvalue weighted by Gasteiger charge is -2.31. The first-order valence-electron chi connectivity index (χ1n) is 7.52. The summed E-state index contributed by atoms with van der Waals surface area (Å²) in [7, 11) is 0. The Morgan fingerprint density at radius 2 is 2.32 bits per heavy atom. The van der Waals surface area contributed by atoms with Crippen molar-refractivity contribution in [1.82, 2.24) is 14.3 Å². The topological polar surface area (TPSA) is 42.9 Å². The molecule has 0 bridgehead atoms. The van der Waals surface area contributed by atoms with E-state index in [0.29, 0.717) is 0 Å². The number of imidazole rings is 1. The van der Waals surface area contributed by atoms with Crippen LogP contribution >= 0.6 is 11.3 Å². The molecule has 0 N–H and O–H groups in total. The lowest BCUT2D eigenvalue weighted by molar-refractivity contribution is -0.0432. The molecule has 0 aliphatic carbocycles. The Bertz CT molecular complexity index is 775. The van der Waals surface area contributed by atoms with Gasteiger partial charge in [-0.3, -0.25) is 9.30 Å². The molecule has 5 nitrogen and oxygen atoms in total. The zero-order valence-corrected chi connectivity index (χ0v) is 13.6. The second kappa shape index (κ2) is 5.53. The molecular formula is C16H19N3O2S. The number of nitrogens with zero attached hydrogens (tertiary/aromatic N) is 3. The molecular weight excluding hydrogens is 298 g/mol. The molecule has 3 aromatic heterocycles. The van der Waals surface area contributed by atoms with Crippen molar-refractivity contribution in [2.75, 3.05) is 19.7 Å². The van der Waals surface area contributed by atoms with Crippen LogP contribution in [0.15, 0.2) is 29.0 Å². The molecule has 116 valence electrons. The van der Waals surface area contributed by atoms with Crippen molar-refractivity contribution in [3.63, 3.8) is 0 Å². The van der Waals surface area contributed by atoms with Gasteiger partial charge >= 0.3 is 0 Å². The van der Waals surface area contributed by atoms with E-state index in [2.05, 4.69) is 34.3 Å². The number of aryl methyl sites for hydroxylation is 2. The molecule has 0 radical (unpaired) electrons. The molecule has 4 heterocycles. The van der Waals surface area contributed by atoms with Crippen LogP contribution in [0.3, 0.4) is 0 Å². The number of fused-ring (bicyclic) bond motifs is 1. The number of furan rings is 1. The van der Waals surface area contributed by atoms with Crippen molar-refractivity contribution in [2.45, 2.75) is 26.5 Å². The molecule has 1 unspecified atom stereocenters. The van der Waals surface area contributed by atoms with Gasteiger partial charge in [-0.1, -0.05) is 0 Å². The minimum Gasteiger partial charge on any atom is -0.467 e. The van der Waals surface area contributed by atoms with Gasteiger partial charge in [0.25, 0.3) is 0 Å². The van der Waals surface area contributed by atoms with Gasteiger partial charge in [-0.25, -0.2) is 4.98 Å². The van der Waals surface area contributed by atoms with E-state index in [0.717, 1.165) is 42.7 Å². The summed E-state index contributed by atoms with van der Waals surface area (Å²) in [5.74, 6) is 0.909. The van der Waals surface area contributed by atoms with E-state index >= 15 is 0 Å². The Labute approximate surface area is 133 Å². The number of hydrogen-bond acceptors (Lipinski definition) is 5. The van der Waals surface area contributed by atoms with E-state index in [1.807, 2.05) is 12.1 Å². The molecule has 0 amide bonds. The molecule has 6 heteroatoms. The smallest absolute Gasteiger partial charge is 0.194 e. The SMILES string of the molecule is Cc1cn2c(CN3CCOC(c4ccco4)C3)c(C)nc2s1. The van der Waals surface area contributed by atoms with Crippen LogP contribution in [0.1, 0.15) is 28.1 Å². The third-order valence-corrected chi connectivity index (χ3v) is 5.02. The van der Waals surface area contributed by atoms with Gasteiger partial charge in [0.2, 0.25) is 0 Å². The van der Waals surface area contributed by atoms with Gasteiger partial charge < -0.3 is 9.15 Å². The summed E-state index contributed by atoms with van der Waals surface area (Å²) < 4.78 is 13.6. The zero-order chi connectivity index (χ0) is 15.1. The lowest BCUT2D eigenvalue weighted by atomic mass is 10.2. The summed E-state index contributed by atoms with van der Waals surface area (Å²) in [5, 5.41) is 0. The van der Waals surface area contributed by atoms with E-state index < -0.39 is 0 Å². The standard InChI is InChI=1S/C16H19N3O2S/c1-11-8-19-13(12(2)17-16(19)22-11)9-18-5-7-21-15(10-18)14-4-3-6-20-14/h3-4,6,8,15H,5,7,9-10H2,1-2H3. The molecule has 0 spiro atoms. The van der Waals surface area contributed by atoms with E-state index in [4.69, 9.17) is 9.15 Å². The number of rotatable bonds is 3. The highest BCUT2D eigenvalue weighted by atomic mass is 32.1. The van der Waals surface area contributed by atoms with Gasteiger partial charge in [-0.15, -0.1) is 11.3 Å². The monoisotopic (exact) mass is 317 g/mol. The van der Waals surface area contributed by atoms with Crippen molar-refractivity contribution in [3.8, 4) is 0 Å². The van der Waals surface area contributed by atoms with Gasteiger partial charge in [-0.05, 0) is 26.0 Å². The van der Waals surface area contributed by atoms with E-state index in [1.54, 1.807) is 17.6 Å². The fourth-order valence-corrected chi connectivity index (χ4v) is 3.89. The molecule has 1 aliphatic heterocycles. The summed E-state index contributed by atoms with van der Waals surface area (Å²) in [4.78, 5) is 9.47. The predicted molar refractivity (Wildman–Crippen MR) is 85.2 cm³/mol. The third-order valence-electron chi connectivity index (χ3n) is 4.13. The zero-order valence-electron chi connectivity index (χ0n) is 12.8. The van der Waals surface area contributed by atoms with Crippen molar-refractivity contribution in [2.24, 2.45) is 0 Å². The van der Waals surface area contributed by atoms with Crippen molar-refractivity contribution in [3.05, 3.63) is 46.6 Å². The average molecular weight is 317 g/mol. The minimum atomic E-state index is 0.0247. The minimum absolute atomic E-state index is 0.0247. The van der Waals surface area contributed by atoms with Crippen molar-refractivity contribution < 1.29 is 9.15 Å². The number of morpholine rings is 1. The molecule has 0 aromatic carbocycles. The highest BCUT2D eigenvalue weighted by Crippen LogP contribution is 2.26. The van der Waals surface area contributed by atoms with Crippen LogP contribution in [0.2, 0.25) is 0 Å². The first kappa shape index (κ1) is 14.0. The Balaban J connectivity index is 1.55. The van der Waals surface area contributed by atoms with E-state index in [1.165, 1.54) is 10.6 Å².